The molecule has 4 nitrogen and oxygen atoms in total. The van der Waals surface area contributed by atoms with Crippen LogP contribution < -0.4 is 5.32 Å². The molecule has 0 spiro atoms. The third-order valence-corrected chi connectivity index (χ3v) is 6.65. The number of ketones is 1. The number of thiophene rings is 1. The second kappa shape index (κ2) is 9.08. The van der Waals surface area contributed by atoms with E-state index in [1.54, 1.807) is 12.1 Å². The van der Waals surface area contributed by atoms with E-state index in [1.807, 2.05) is 48.7 Å². The summed E-state index contributed by atoms with van der Waals surface area (Å²) in [5, 5.41) is 16.3. The number of rotatable bonds is 6. The third-order valence-electron chi connectivity index (χ3n) is 5.50. The van der Waals surface area contributed by atoms with Gasteiger partial charge in [-0.05, 0) is 36.1 Å². The first-order valence-electron chi connectivity index (χ1n) is 10.2. The Kier molecular flexibility index (Phi) is 6.25. The van der Waals surface area contributed by atoms with E-state index in [4.69, 9.17) is 11.6 Å². The molecule has 0 radical (unpaired) electrons. The molecule has 0 saturated heterocycles. The molecule has 4 rings (SSSR count). The molecule has 1 aromatic heterocycles. The highest BCUT2D eigenvalue weighted by Crippen LogP contribution is 2.39. The Labute approximate surface area is 190 Å². The number of carboxylic acids is 1. The number of hydrogen-bond acceptors (Lipinski definition) is 4. The van der Waals surface area contributed by atoms with Gasteiger partial charge >= 0.3 is 5.97 Å². The molecule has 0 saturated carbocycles. The van der Waals surface area contributed by atoms with Gasteiger partial charge in [-0.15, -0.1) is 11.3 Å². The predicted molar refractivity (Wildman–Crippen MR) is 126 cm³/mol. The second-order valence-electron chi connectivity index (χ2n) is 7.54. The summed E-state index contributed by atoms with van der Waals surface area (Å²) in [5.41, 5.74) is 4.42. The lowest BCUT2D eigenvalue weighted by Gasteiger charge is -2.26. The Bertz CT molecular complexity index is 1160. The summed E-state index contributed by atoms with van der Waals surface area (Å²) in [5.74, 6) is -0.873. The number of fused-ring (bicyclic) bond motifs is 1. The van der Waals surface area contributed by atoms with Gasteiger partial charge in [0, 0.05) is 39.6 Å². The van der Waals surface area contributed by atoms with E-state index in [9.17, 15) is 14.7 Å². The maximum Gasteiger partial charge on any atom is 0.339 e. The number of benzene rings is 2. The van der Waals surface area contributed by atoms with Gasteiger partial charge in [0.15, 0.2) is 5.78 Å². The number of hydrogen-bond donors (Lipinski definition) is 2. The van der Waals surface area contributed by atoms with Gasteiger partial charge in [0.25, 0.3) is 0 Å². The number of halogens is 1. The average molecular weight is 452 g/mol. The molecule has 1 aliphatic carbocycles. The molecular weight excluding hydrogens is 430 g/mol. The van der Waals surface area contributed by atoms with Gasteiger partial charge in [-0.3, -0.25) is 4.79 Å². The molecule has 3 aromatic rings. The summed E-state index contributed by atoms with van der Waals surface area (Å²) < 4.78 is 0. The molecule has 0 amide bonds. The second-order valence-corrected chi connectivity index (χ2v) is 8.86. The van der Waals surface area contributed by atoms with Crippen LogP contribution in [-0.4, -0.2) is 16.9 Å². The first-order valence-corrected chi connectivity index (χ1v) is 11.4. The van der Waals surface area contributed by atoms with E-state index in [-0.39, 0.29) is 17.3 Å². The number of aromatic carboxylic acids is 1. The Hall–Kier alpha value is -2.89. The van der Waals surface area contributed by atoms with Gasteiger partial charge in [0.1, 0.15) is 10.6 Å². The molecule has 158 valence electrons. The van der Waals surface area contributed by atoms with Crippen LogP contribution in [0, 0.1) is 5.92 Å². The van der Waals surface area contributed by atoms with Crippen molar-refractivity contribution in [2.45, 2.75) is 26.2 Å². The molecule has 2 aromatic carbocycles. The molecule has 1 unspecified atom stereocenters. The van der Waals surface area contributed by atoms with Crippen LogP contribution in [0.5, 0.6) is 0 Å². The van der Waals surface area contributed by atoms with Crippen molar-refractivity contribution in [3.8, 4) is 11.1 Å². The lowest BCUT2D eigenvalue weighted by atomic mass is 9.81. The van der Waals surface area contributed by atoms with Crippen LogP contribution in [0.15, 0.2) is 65.7 Å². The minimum Gasteiger partial charge on any atom is -0.478 e. The largest absolute Gasteiger partial charge is 0.478 e. The van der Waals surface area contributed by atoms with Crippen LogP contribution in [-0.2, 0) is 6.42 Å². The van der Waals surface area contributed by atoms with Crippen molar-refractivity contribution in [3.05, 3.63) is 87.4 Å². The van der Waals surface area contributed by atoms with E-state index in [0.29, 0.717) is 22.0 Å². The highest BCUT2D eigenvalue weighted by atomic mass is 35.5. The highest BCUT2D eigenvalue weighted by molar-refractivity contribution is 7.15. The predicted octanol–water partition coefficient (Wildman–Crippen LogP) is 6.92. The average Bonchev–Trinajstić information content (AvgIpc) is 3.18. The van der Waals surface area contributed by atoms with E-state index in [0.717, 1.165) is 35.2 Å². The highest BCUT2D eigenvalue weighted by Gasteiger charge is 2.29. The van der Waals surface area contributed by atoms with Crippen molar-refractivity contribution in [1.82, 2.24) is 0 Å². The van der Waals surface area contributed by atoms with Crippen molar-refractivity contribution in [3.63, 3.8) is 0 Å². The van der Waals surface area contributed by atoms with Crippen LogP contribution in [0.3, 0.4) is 0 Å². The number of nitrogens with one attached hydrogen (secondary N) is 1. The van der Waals surface area contributed by atoms with Gasteiger partial charge < -0.3 is 10.4 Å². The van der Waals surface area contributed by atoms with Gasteiger partial charge in [0.2, 0.25) is 0 Å². The molecule has 0 aliphatic heterocycles. The smallest absolute Gasteiger partial charge is 0.339 e. The molecule has 31 heavy (non-hydrogen) atoms. The van der Waals surface area contributed by atoms with Gasteiger partial charge in [-0.1, -0.05) is 61.0 Å². The minimum atomic E-state index is -0.991. The van der Waals surface area contributed by atoms with Crippen molar-refractivity contribution < 1.29 is 14.7 Å². The Balaban J connectivity index is 1.67. The van der Waals surface area contributed by atoms with Crippen LogP contribution in [0.1, 0.15) is 46.0 Å². The number of carbonyl (C=O) groups excluding carboxylic acids is 1. The fraction of sp³-hybridized carbons (Fsp3) is 0.200. The Morgan fingerprint density at radius 3 is 2.61 bits per heavy atom. The molecule has 0 bridgehead atoms. The Morgan fingerprint density at radius 1 is 1.16 bits per heavy atom. The van der Waals surface area contributed by atoms with Gasteiger partial charge in [-0.25, -0.2) is 4.79 Å². The van der Waals surface area contributed by atoms with Crippen molar-refractivity contribution in [2.75, 3.05) is 5.32 Å². The van der Waals surface area contributed by atoms with Crippen LogP contribution in [0.4, 0.5) is 5.00 Å². The molecule has 2 N–H and O–H groups in total. The summed E-state index contributed by atoms with van der Waals surface area (Å²) in [6.07, 6.45) is 4.00. The standard InChI is InChI=1S/C25H22ClNO3S/c1-2-5-21(17-12-16-6-3-4-7-19(16)22(28)13-17)27-24-23(25(29)30)20(14-31-24)15-8-10-18(26)11-9-15/h3-11,14,17,27H,2,12-13H2,1H3,(H,29,30)/b21-5-. The number of Topliss-reactive ketones (excluding diaryl/α,β-unsaturated/α-hetero) is 1. The quantitative estimate of drug-likeness (QED) is 0.427. The molecule has 6 heteroatoms. The first-order chi connectivity index (χ1) is 15.0. The number of anilines is 1. The zero-order chi connectivity index (χ0) is 22.0. The summed E-state index contributed by atoms with van der Waals surface area (Å²) in [6.45, 7) is 2.03. The van der Waals surface area contributed by atoms with E-state index in [2.05, 4.69) is 11.4 Å². The van der Waals surface area contributed by atoms with Crippen LogP contribution in [0.2, 0.25) is 5.02 Å². The van der Waals surface area contributed by atoms with Crippen molar-refractivity contribution >= 4 is 39.7 Å². The maximum atomic E-state index is 12.7. The molecule has 1 heterocycles. The third kappa shape index (κ3) is 4.43. The van der Waals surface area contributed by atoms with Crippen LogP contribution in [0.25, 0.3) is 11.1 Å². The van der Waals surface area contributed by atoms with Gasteiger partial charge in [-0.2, -0.15) is 0 Å². The van der Waals surface area contributed by atoms with E-state index < -0.39 is 5.97 Å². The first kappa shape index (κ1) is 21.3. The zero-order valence-corrected chi connectivity index (χ0v) is 18.6. The number of allylic oxidation sites excluding steroid dienone is 2. The molecular formula is C25H22ClNO3S. The SMILES string of the molecule is CC/C=C(\Nc1scc(-c2ccc(Cl)cc2)c1C(=O)O)C1CC(=O)c2ccccc2C1. The molecule has 0 fully saturated rings. The normalized spacial score (nSPS) is 16.1. The zero-order valence-electron chi connectivity index (χ0n) is 17.0. The summed E-state index contributed by atoms with van der Waals surface area (Å²) >= 11 is 7.34. The number of carboxylic acid groups (broad SMARTS) is 1. The van der Waals surface area contributed by atoms with Crippen LogP contribution >= 0.6 is 22.9 Å². The summed E-state index contributed by atoms with van der Waals surface area (Å²) in [6, 6.07) is 14.9. The summed E-state index contributed by atoms with van der Waals surface area (Å²) in [7, 11) is 0. The van der Waals surface area contributed by atoms with Crippen molar-refractivity contribution in [2.24, 2.45) is 5.92 Å². The lowest BCUT2D eigenvalue weighted by molar-refractivity contribution is 0.0699. The summed E-state index contributed by atoms with van der Waals surface area (Å²) in [4.78, 5) is 24.8. The lowest BCUT2D eigenvalue weighted by Crippen LogP contribution is -2.24. The fourth-order valence-electron chi connectivity index (χ4n) is 4.04. The van der Waals surface area contributed by atoms with Crippen molar-refractivity contribution in [1.29, 1.82) is 0 Å². The van der Waals surface area contributed by atoms with Gasteiger partial charge in [0.05, 0.1) is 0 Å². The van der Waals surface area contributed by atoms with E-state index >= 15 is 0 Å². The monoisotopic (exact) mass is 451 g/mol. The minimum absolute atomic E-state index is 0.00919. The molecule has 1 aliphatic rings. The molecule has 1 atom stereocenters. The van der Waals surface area contributed by atoms with E-state index in [1.165, 1.54) is 11.3 Å². The maximum absolute atomic E-state index is 12.7. The topological polar surface area (TPSA) is 66.4 Å². The number of carbonyl (C=O) groups is 2. The Morgan fingerprint density at radius 2 is 1.90 bits per heavy atom. The fourth-order valence-corrected chi connectivity index (χ4v) is 5.14.